The van der Waals surface area contributed by atoms with E-state index in [2.05, 4.69) is 15.8 Å². The quantitative estimate of drug-likeness (QED) is 0.301. The fourth-order valence-corrected chi connectivity index (χ4v) is 4.18. The lowest BCUT2D eigenvalue weighted by molar-refractivity contribution is -0.128. The Morgan fingerprint density at radius 3 is 2.34 bits per heavy atom. The number of hydrogen-bond donors (Lipinski definition) is 2. The lowest BCUT2D eigenvalue weighted by atomic mass is 9.97. The van der Waals surface area contributed by atoms with Gasteiger partial charge >= 0.3 is 0 Å². The van der Waals surface area contributed by atoms with Crippen LogP contribution in [0.15, 0.2) is 53.1 Å². The van der Waals surface area contributed by atoms with E-state index in [0.717, 1.165) is 0 Å². The van der Waals surface area contributed by atoms with Crippen LogP contribution in [0.1, 0.15) is 57.4 Å². The monoisotopic (exact) mass is 566 g/mol. The first-order valence-corrected chi connectivity index (χ1v) is 13.3. The topological polar surface area (TPSA) is 132 Å². The minimum absolute atomic E-state index is 0.157. The number of benzene rings is 2. The molecule has 1 heterocycles. The predicted octanol–water partition coefficient (Wildman–Crippen LogP) is 4.81. The van der Waals surface area contributed by atoms with Crippen LogP contribution in [0.5, 0.6) is 17.2 Å². The summed E-state index contributed by atoms with van der Waals surface area (Å²) in [7, 11) is 4.48. The van der Waals surface area contributed by atoms with Crippen molar-refractivity contribution in [3.05, 3.63) is 59.9 Å². The van der Waals surface area contributed by atoms with Crippen LogP contribution in [-0.2, 0) is 14.4 Å². The van der Waals surface area contributed by atoms with Crippen molar-refractivity contribution in [2.45, 2.75) is 58.5 Å². The molecule has 41 heavy (non-hydrogen) atoms. The van der Waals surface area contributed by atoms with E-state index in [0.29, 0.717) is 40.7 Å². The van der Waals surface area contributed by atoms with Gasteiger partial charge in [0.2, 0.25) is 17.7 Å². The summed E-state index contributed by atoms with van der Waals surface area (Å²) in [6, 6.07) is 12.4. The van der Waals surface area contributed by atoms with Crippen molar-refractivity contribution in [2.24, 2.45) is 0 Å². The largest absolute Gasteiger partial charge is 0.497 e. The third-order valence-electron chi connectivity index (χ3n) is 6.64. The maximum atomic E-state index is 14.1. The molecule has 220 valence electrons. The number of hydrogen-bond acceptors (Lipinski definition) is 8. The zero-order valence-electron chi connectivity index (χ0n) is 24.6. The van der Waals surface area contributed by atoms with Crippen molar-refractivity contribution in [1.82, 2.24) is 10.5 Å². The fraction of sp³-hybridized carbons (Fsp3) is 0.400. The number of ether oxygens (including phenoxy) is 3. The van der Waals surface area contributed by atoms with Crippen molar-refractivity contribution in [2.75, 3.05) is 31.5 Å². The molecule has 0 saturated heterocycles. The van der Waals surface area contributed by atoms with Gasteiger partial charge in [-0.15, -0.1) is 0 Å². The number of amides is 3. The molecule has 3 amide bonds. The van der Waals surface area contributed by atoms with Gasteiger partial charge in [-0.1, -0.05) is 30.3 Å². The zero-order valence-corrected chi connectivity index (χ0v) is 24.6. The highest BCUT2D eigenvalue weighted by Gasteiger charge is 2.37. The van der Waals surface area contributed by atoms with Gasteiger partial charge < -0.3 is 29.4 Å². The maximum Gasteiger partial charge on any atom is 0.248 e. The van der Waals surface area contributed by atoms with E-state index in [4.69, 9.17) is 18.7 Å². The molecule has 0 aliphatic rings. The number of aryl methyl sites for hydroxylation is 1. The van der Waals surface area contributed by atoms with Crippen LogP contribution in [-0.4, -0.2) is 49.7 Å². The molecule has 1 aromatic heterocycles. The Hall–Kier alpha value is -4.54. The fourth-order valence-electron chi connectivity index (χ4n) is 4.18. The normalized spacial score (nSPS) is 11.8. The smallest absolute Gasteiger partial charge is 0.248 e. The average Bonchev–Trinajstić information content (AvgIpc) is 3.37. The third-order valence-corrected chi connectivity index (χ3v) is 6.64. The van der Waals surface area contributed by atoms with E-state index in [-0.39, 0.29) is 18.7 Å². The van der Waals surface area contributed by atoms with Gasteiger partial charge in [0.15, 0.2) is 17.3 Å². The molecule has 0 saturated carbocycles. The van der Waals surface area contributed by atoms with Crippen LogP contribution in [0.3, 0.4) is 0 Å². The summed E-state index contributed by atoms with van der Waals surface area (Å²) in [6.45, 7) is 7.47. The molecule has 0 aliphatic carbocycles. The van der Waals surface area contributed by atoms with E-state index in [1.807, 2.05) is 20.8 Å². The highest BCUT2D eigenvalue weighted by Crippen LogP contribution is 2.40. The second-order valence-electron chi connectivity index (χ2n) is 10.0. The number of rotatable bonds is 13. The first-order chi connectivity index (χ1) is 19.5. The van der Waals surface area contributed by atoms with Crippen molar-refractivity contribution >= 4 is 29.2 Å². The highest BCUT2D eigenvalue weighted by atomic mass is 16.5. The third kappa shape index (κ3) is 7.77. The number of aromatic nitrogens is 1. The molecule has 3 aromatic rings. The number of nitrogens with one attached hydrogen (secondary N) is 2. The number of para-hydroxylation sites is 1. The molecule has 1 atom stereocenters. The lowest BCUT2D eigenvalue weighted by Gasteiger charge is -2.35. The minimum atomic E-state index is -1.17. The molecule has 0 radical (unpaired) electrons. The molecule has 2 N–H and O–H groups in total. The number of methoxy groups -OCH3 is 3. The SMILES string of the molecule is CCC(C)(C)NC(=O)[C@@H](c1cccc(OC)c1OC)N(C(=O)CCC(=O)Nc1cc(C)on1)c1cccc(OC)c1. The maximum absolute atomic E-state index is 14.1. The molecule has 3 rings (SSSR count). The van der Waals surface area contributed by atoms with Crippen LogP contribution in [0.2, 0.25) is 0 Å². The Morgan fingerprint density at radius 2 is 1.73 bits per heavy atom. The molecular weight excluding hydrogens is 528 g/mol. The second-order valence-corrected chi connectivity index (χ2v) is 10.0. The summed E-state index contributed by atoms with van der Waals surface area (Å²) in [6.07, 6.45) is 0.290. The first-order valence-electron chi connectivity index (χ1n) is 13.3. The number of carbonyl (C=O) groups excluding carboxylic acids is 3. The van der Waals surface area contributed by atoms with Gasteiger partial charge in [0.1, 0.15) is 17.6 Å². The van der Waals surface area contributed by atoms with Crippen molar-refractivity contribution < 1.29 is 33.1 Å². The van der Waals surface area contributed by atoms with Gasteiger partial charge in [-0.3, -0.25) is 19.3 Å². The molecule has 2 aromatic carbocycles. The van der Waals surface area contributed by atoms with E-state index in [1.54, 1.807) is 55.5 Å². The van der Waals surface area contributed by atoms with Crippen LogP contribution in [0.4, 0.5) is 11.5 Å². The molecule has 0 bridgehead atoms. The molecule has 11 heteroatoms. The van der Waals surface area contributed by atoms with Crippen LogP contribution in [0.25, 0.3) is 0 Å². The summed E-state index contributed by atoms with van der Waals surface area (Å²) in [5, 5.41) is 9.45. The van der Waals surface area contributed by atoms with Crippen LogP contribution >= 0.6 is 0 Å². The van der Waals surface area contributed by atoms with Crippen LogP contribution in [0, 0.1) is 6.92 Å². The van der Waals surface area contributed by atoms with Gasteiger partial charge in [0.25, 0.3) is 0 Å². The van der Waals surface area contributed by atoms with Crippen LogP contribution < -0.4 is 29.7 Å². The summed E-state index contributed by atoms with van der Waals surface area (Å²) >= 11 is 0. The number of anilines is 2. The predicted molar refractivity (Wildman–Crippen MR) is 154 cm³/mol. The summed E-state index contributed by atoms with van der Waals surface area (Å²) in [5.74, 6) is 0.671. The van der Waals surface area contributed by atoms with Gasteiger partial charge in [0, 0.05) is 41.8 Å². The van der Waals surface area contributed by atoms with E-state index in [9.17, 15) is 14.4 Å². The van der Waals surface area contributed by atoms with Gasteiger partial charge in [0.05, 0.1) is 21.3 Å². The van der Waals surface area contributed by atoms with Crippen molar-refractivity contribution in [3.63, 3.8) is 0 Å². The van der Waals surface area contributed by atoms with Crippen molar-refractivity contribution in [3.8, 4) is 17.2 Å². The van der Waals surface area contributed by atoms with E-state index < -0.39 is 29.3 Å². The number of nitrogens with zero attached hydrogens (tertiary/aromatic N) is 2. The summed E-state index contributed by atoms with van der Waals surface area (Å²) < 4.78 is 21.6. The Morgan fingerprint density at radius 1 is 1.00 bits per heavy atom. The molecule has 11 nitrogen and oxygen atoms in total. The highest BCUT2D eigenvalue weighted by molar-refractivity contribution is 6.03. The van der Waals surface area contributed by atoms with Gasteiger partial charge in [-0.05, 0) is 45.4 Å². The molecule has 0 aliphatic heterocycles. The Bertz CT molecular complexity index is 1370. The molecule has 0 spiro atoms. The Balaban J connectivity index is 2.10. The van der Waals surface area contributed by atoms with Crippen molar-refractivity contribution in [1.29, 1.82) is 0 Å². The van der Waals surface area contributed by atoms with Gasteiger partial charge in [-0.25, -0.2) is 0 Å². The molecule has 0 unspecified atom stereocenters. The van der Waals surface area contributed by atoms with E-state index in [1.165, 1.54) is 26.2 Å². The average molecular weight is 567 g/mol. The second kappa shape index (κ2) is 13.7. The van der Waals surface area contributed by atoms with E-state index >= 15 is 0 Å². The van der Waals surface area contributed by atoms with Gasteiger partial charge in [-0.2, -0.15) is 0 Å². The lowest BCUT2D eigenvalue weighted by Crippen LogP contribution is -2.50. The Kier molecular flexibility index (Phi) is 10.3. The summed E-state index contributed by atoms with van der Waals surface area (Å²) in [4.78, 5) is 42.2. The summed E-state index contributed by atoms with van der Waals surface area (Å²) in [5.41, 5.74) is 0.247. The minimum Gasteiger partial charge on any atom is -0.497 e. The number of carbonyl (C=O) groups is 3. The zero-order chi connectivity index (χ0) is 30.2. The molecule has 0 fully saturated rings. The Labute approximate surface area is 240 Å². The molecular formula is C30H38N4O7. The standard InChI is InChI=1S/C30H38N4O7/c1-8-30(3,4)32-29(37)27(22-13-10-14-23(39-6)28(22)40-7)34(20-11-9-12-21(18-20)38-5)26(36)16-15-25(35)31-24-17-19(2)41-33-24/h9-14,17-18,27H,8,15-16H2,1-7H3,(H,32,37)(H,31,33,35)/t27-/m1/s1. The first kappa shape index (κ1) is 31.0.